The first-order valence-electron chi connectivity index (χ1n) is 4.31. The maximum absolute atomic E-state index is 4.36. The van der Waals surface area contributed by atoms with Crippen molar-refractivity contribution in [3.05, 3.63) is 41.6 Å². The maximum Gasteiger partial charge on any atom is 0.0793 e. The molecule has 0 saturated heterocycles. The summed E-state index contributed by atoms with van der Waals surface area (Å²) in [6.45, 7) is 0.807. The molecule has 0 unspecified atom stereocenters. The zero-order valence-corrected chi connectivity index (χ0v) is 7.07. The van der Waals surface area contributed by atoms with Crippen molar-refractivity contribution >= 4 is 17.1 Å². The van der Waals surface area contributed by atoms with Crippen molar-refractivity contribution in [2.45, 2.75) is 6.54 Å². The molecule has 1 aliphatic rings. The molecule has 0 atom stereocenters. The van der Waals surface area contributed by atoms with Gasteiger partial charge >= 0.3 is 0 Å². The van der Waals surface area contributed by atoms with Crippen LogP contribution in [-0.2, 0) is 6.54 Å². The van der Waals surface area contributed by atoms with Crippen LogP contribution in [0.5, 0.6) is 0 Å². The molecular formula is C11H8N2. The fraction of sp³-hybridized carbons (Fsp3) is 0.0909. The lowest BCUT2D eigenvalue weighted by Crippen LogP contribution is -1.88. The lowest BCUT2D eigenvalue weighted by molar-refractivity contribution is 1.11. The van der Waals surface area contributed by atoms with Gasteiger partial charge in [0.1, 0.15) is 0 Å². The molecule has 2 heterocycles. The highest BCUT2D eigenvalue weighted by atomic mass is 14.7. The van der Waals surface area contributed by atoms with Crippen LogP contribution in [0.1, 0.15) is 11.1 Å². The van der Waals surface area contributed by atoms with Gasteiger partial charge in [0.2, 0.25) is 0 Å². The van der Waals surface area contributed by atoms with E-state index in [4.69, 9.17) is 0 Å². The highest BCUT2D eigenvalue weighted by Crippen LogP contribution is 2.22. The minimum atomic E-state index is 0.807. The Bertz CT molecular complexity index is 500. The van der Waals surface area contributed by atoms with E-state index in [1.165, 1.54) is 16.5 Å². The molecule has 0 spiro atoms. The number of benzene rings is 1. The maximum atomic E-state index is 4.36. The first kappa shape index (κ1) is 6.78. The Morgan fingerprint density at radius 3 is 3.15 bits per heavy atom. The third-order valence-corrected chi connectivity index (χ3v) is 2.39. The number of nitrogens with zero attached hydrogens (tertiary/aromatic N) is 2. The van der Waals surface area contributed by atoms with Crippen LogP contribution >= 0.6 is 0 Å². The van der Waals surface area contributed by atoms with E-state index in [9.17, 15) is 0 Å². The van der Waals surface area contributed by atoms with Gasteiger partial charge in [-0.25, -0.2) is 0 Å². The van der Waals surface area contributed by atoms with E-state index in [0.29, 0.717) is 0 Å². The van der Waals surface area contributed by atoms with Crippen molar-refractivity contribution in [3.8, 4) is 0 Å². The van der Waals surface area contributed by atoms with Gasteiger partial charge in [0.25, 0.3) is 0 Å². The number of hydrogen-bond donors (Lipinski definition) is 0. The molecule has 13 heavy (non-hydrogen) atoms. The third kappa shape index (κ3) is 0.886. The highest BCUT2D eigenvalue weighted by Gasteiger charge is 2.09. The molecular weight excluding hydrogens is 160 g/mol. The molecule has 2 nitrogen and oxygen atoms in total. The molecule has 0 fully saturated rings. The summed E-state index contributed by atoms with van der Waals surface area (Å²) in [5.74, 6) is 0. The molecule has 1 aromatic heterocycles. The Labute approximate surface area is 76.0 Å². The number of pyridine rings is 1. The zero-order chi connectivity index (χ0) is 8.67. The van der Waals surface area contributed by atoms with E-state index >= 15 is 0 Å². The first-order valence-corrected chi connectivity index (χ1v) is 4.31. The highest BCUT2D eigenvalue weighted by molar-refractivity contribution is 6.00. The van der Waals surface area contributed by atoms with Crippen LogP contribution in [0, 0.1) is 0 Å². The van der Waals surface area contributed by atoms with Crippen LogP contribution in [0.25, 0.3) is 10.9 Å². The normalized spacial score (nSPS) is 13.5. The quantitative estimate of drug-likeness (QED) is 0.591. The molecule has 2 heteroatoms. The van der Waals surface area contributed by atoms with Gasteiger partial charge in [0.15, 0.2) is 0 Å². The SMILES string of the molecule is C1=NCc2ccc3cccnc3c21. The molecule has 62 valence electrons. The Balaban J connectivity index is 2.49. The van der Waals surface area contributed by atoms with Gasteiger partial charge in [-0.1, -0.05) is 18.2 Å². The predicted molar refractivity (Wildman–Crippen MR) is 53.0 cm³/mol. The lowest BCUT2D eigenvalue weighted by atomic mass is 10.1. The standard InChI is InChI=1S/C11H8N2/c1-2-8-3-4-9-6-12-7-10(9)11(8)13-5-1/h1-5,7H,6H2. The molecule has 3 rings (SSSR count). The molecule has 0 N–H and O–H groups in total. The van der Waals surface area contributed by atoms with Gasteiger partial charge in [-0.05, 0) is 11.6 Å². The second kappa shape index (κ2) is 2.39. The fourth-order valence-electron chi connectivity index (χ4n) is 1.73. The number of rotatable bonds is 0. The minimum Gasteiger partial charge on any atom is -0.288 e. The number of aliphatic imine (C=N–C) groups is 1. The summed E-state index contributed by atoms with van der Waals surface area (Å²) >= 11 is 0. The average molecular weight is 168 g/mol. The van der Waals surface area contributed by atoms with Gasteiger partial charge in [-0.3, -0.25) is 9.98 Å². The van der Waals surface area contributed by atoms with Gasteiger partial charge in [-0.2, -0.15) is 0 Å². The zero-order valence-electron chi connectivity index (χ0n) is 7.07. The van der Waals surface area contributed by atoms with Crippen molar-refractivity contribution in [2.75, 3.05) is 0 Å². The van der Waals surface area contributed by atoms with Crippen LogP contribution in [0.15, 0.2) is 35.5 Å². The summed E-state index contributed by atoms with van der Waals surface area (Å²) in [5.41, 5.74) is 3.55. The molecule has 1 aromatic carbocycles. The molecule has 1 aliphatic heterocycles. The summed E-state index contributed by atoms with van der Waals surface area (Å²) in [5, 5.41) is 1.19. The molecule has 2 aromatic rings. The summed E-state index contributed by atoms with van der Waals surface area (Å²) in [6, 6.07) is 8.28. The average Bonchev–Trinajstić information content (AvgIpc) is 2.65. The topological polar surface area (TPSA) is 25.2 Å². The molecule has 0 amide bonds. The molecule has 0 saturated carbocycles. The second-order valence-corrected chi connectivity index (χ2v) is 3.18. The summed E-state index contributed by atoms with van der Waals surface area (Å²) in [7, 11) is 0. The van der Waals surface area contributed by atoms with Crippen molar-refractivity contribution in [2.24, 2.45) is 4.99 Å². The molecule has 0 aliphatic carbocycles. The Kier molecular flexibility index (Phi) is 1.25. The Hall–Kier alpha value is -1.70. The van der Waals surface area contributed by atoms with Crippen LogP contribution in [-0.4, -0.2) is 11.2 Å². The van der Waals surface area contributed by atoms with Gasteiger partial charge in [-0.15, -0.1) is 0 Å². The Morgan fingerprint density at radius 1 is 1.15 bits per heavy atom. The number of fused-ring (bicyclic) bond motifs is 3. The van der Waals surface area contributed by atoms with E-state index in [2.05, 4.69) is 28.2 Å². The van der Waals surface area contributed by atoms with Crippen LogP contribution < -0.4 is 0 Å². The fourth-order valence-corrected chi connectivity index (χ4v) is 1.73. The van der Waals surface area contributed by atoms with E-state index in [0.717, 1.165) is 12.1 Å². The molecule has 0 radical (unpaired) electrons. The first-order chi connectivity index (χ1) is 6.45. The van der Waals surface area contributed by atoms with Crippen LogP contribution in [0.4, 0.5) is 0 Å². The van der Waals surface area contributed by atoms with Crippen molar-refractivity contribution in [3.63, 3.8) is 0 Å². The van der Waals surface area contributed by atoms with Gasteiger partial charge in [0.05, 0.1) is 12.1 Å². The smallest absolute Gasteiger partial charge is 0.0793 e. The van der Waals surface area contributed by atoms with Gasteiger partial charge < -0.3 is 0 Å². The van der Waals surface area contributed by atoms with E-state index < -0.39 is 0 Å². The minimum absolute atomic E-state index is 0.807. The summed E-state index contributed by atoms with van der Waals surface area (Å²) in [6.07, 6.45) is 3.75. The van der Waals surface area contributed by atoms with Gasteiger partial charge in [0, 0.05) is 23.4 Å². The third-order valence-electron chi connectivity index (χ3n) is 2.39. The summed E-state index contributed by atoms with van der Waals surface area (Å²) in [4.78, 5) is 8.60. The monoisotopic (exact) mass is 168 g/mol. The predicted octanol–water partition coefficient (Wildman–Crippen LogP) is 2.17. The van der Waals surface area contributed by atoms with Crippen LogP contribution in [0.3, 0.4) is 0 Å². The van der Waals surface area contributed by atoms with Crippen LogP contribution in [0.2, 0.25) is 0 Å². The van der Waals surface area contributed by atoms with Crippen molar-refractivity contribution in [1.82, 2.24) is 4.98 Å². The number of hydrogen-bond acceptors (Lipinski definition) is 2. The van der Waals surface area contributed by atoms with E-state index in [1.807, 2.05) is 18.5 Å². The largest absolute Gasteiger partial charge is 0.288 e. The molecule has 0 bridgehead atoms. The summed E-state index contributed by atoms with van der Waals surface area (Å²) < 4.78 is 0. The second-order valence-electron chi connectivity index (χ2n) is 3.18. The van der Waals surface area contributed by atoms with E-state index in [-0.39, 0.29) is 0 Å². The lowest BCUT2D eigenvalue weighted by Gasteiger charge is -2.01. The van der Waals surface area contributed by atoms with Crippen molar-refractivity contribution < 1.29 is 0 Å². The number of aromatic nitrogens is 1. The van der Waals surface area contributed by atoms with E-state index in [1.54, 1.807) is 0 Å². The Morgan fingerprint density at radius 2 is 2.15 bits per heavy atom. The van der Waals surface area contributed by atoms with Crippen molar-refractivity contribution in [1.29, 1.82) is 0 Å².